The molecule has 0 saturated heterocycles. The van der Waals surface area contributed by atoms with E-state index in [2.05, 4.69) is 24.3 Å². The van der Waals surface area contributed by atoms with Crippen LogP contribution < -0.4 is 0 Å². The normalized spacial score (nSPS) is 27.7. The van der Waals surface area contributed by atoms with Crippen molar-refractivity contribution >= 4 is 0 Å². The molecule has 2 aromatic rings. The molecular formula is C20H22O. The van der Waals surface area contributed by atoms with Crippen molar-refractivity contribution < 1.29 is 5.11 Å². The molecule has 0 aromatic heterocycles. The molecule has 0 radical (unpaired) electrons. The van der Waals surface area contributed by atoms with Gasteiger partial charge in [0.1, 0.15) is 5.75 Å². The number of benzene rings is 2. The fourth-order valence-electron chi connectivity index (χ4n) is 4.47. The van der Waals surface area contributed by atoms with Crippen molar-refractivity contribution in [3.05, 3.63) is 54.1 Å². The van der Waals surface area contributed by atoms with Gasteiger partial charge in [-0.1, -0.05) is 61.4 Å². The number of fused-ring (bicyclic) bond motifs is 3. The lowest BCUT2D eigenvalue weighted by molar-refractivity contribution is 0.143. The summed E-state index contributed by atoms with van der Waals surface area (Å²) < 4.78 is 0. The van der Waals surface area contributed by atoms with Gasteiger partial charge in [0, 0.05) is 5.56 Å². The van der Waals surface area contributed by atoms with E-state index in [4.69, 9.17) is 0 Å². The zero-order valence-electron chi connectivity index (χ0n) is 12.3. The molecule has 3 aliphatic carbocycles. The second-order valence-electron chi connectivity index (χ2n) is 6.73. The average Bonchev–Trinajstić information content (AvgIpc) is 2.57. The van der Waals surface area contributed by atoms with Crippen LogP contribution in [0.2, 0.25) is 0 Å². The topological polar surface area (TPSA) is 20.2 Å². The Morgan fingerprint density at radius 1 is 0.810 bits per heavy atom. The van der Waals surface area contributed by atoms with Crippen LogP contribution in [0.3, 0.4) is 0 Å². The van der Waals surface area contributed by atoms with Crippen molar-refractivity contribution in [2.24, 2.45) is 11.8 Å². The van der Waals surface area contributed by atoms with Gasteiger partial charge in [-0.05, 0) is 48.1 Å². The zero-order valence-corrected chi connectivity index (χ0v) is 12.3. The Balaban J connectivity index is 1.74. The molecule has 0 aliphatic heterocycles. The van der Waals surface area contributed by atoms with Crippen LogP contribution >= 0.6 is 0 Å². The number of rotatable bonds is 2. The van der Waals surface area contributed by atoms with Crippen LogP contribution in [0.1, 0.15) is 43.6 Å². The molecule has 0 amide bonds. The second kappa shape index (κ2) is 5.22. The molecule has 1 N–H and O–H groups in total. The molecule has 1 unspecified atom stereocenters. The molecule has 108 valence electrons. The molecular weight excluding hydrogens is 256 g/mol. The Bertz CT molecular complexity index is 624. The van der Waals surface area contributed by atoms with E-state index in [1.54, 1.807) is 0 Å². The first kappa shape index (κ1) is 12.9. The van der Waals surface area contributed by atoms with E-state index in [0.29, 0.717) is 11.7 Å². The number of hydrogen-bond acceptors (Lipinski definition) is 1. The third-order valence-electron chi connectivity index (χ3n) is 5.60. The standard InChI is InChI=1S/C20H22O/c21-20-17(15-5-2-1-3-6-15)7-4-8-18(20)19-13-14-9-11-16(19)12-10-14/h1-8,14,16,19,21H,9-13H2. The quantitative estimate of drug-likeness (QED) is 0.784. The second-order valence-corrected chi connectivity index (χ2v) is 6.73. The highest BCUT2D eigenvalue weighted by Gasteiger charge is 2.37. The van der Waals surface area contributed by atoms with Crippen molar-refractivity contribution in [2.45, 2.75) is 38.0 Å². The van der Waals surface area contributed by atoms with Crippen molar-refractivity contribution in [3.8, 4) is 16.9 Å². The van der Waals surface area contributed by atoms with Crippen LogP contribution in [-0.2, 0) is 0 Å². The van der Waals surface area contributed by atoms with E-state index < -0.39 is 0 Å². The maximum Gasteiger partial charge on any atom is 0.126 e. The van der Waals surface area contributed by atoms with Crippen LogP contribution in [0.4, 0.5) is 0 Å². The van der Waals surface area contributed by atoms with E-state index in [1.807, 2.05) is 24.3 Å². The largest absolute Gasteiger partial charge is 0.507 e. The first-order chi connectivity index (χ1) is 10.3. The maximum atomic E-state index is 10.8. The van der Waals surface area contributed by atoms with E-state index >= 15 is 0 Å². The van der Waals surface area contributed by atoms with Crippen molar-refractivity contribution in [3.63, 3.8) is 0 Å². The van der Waals surface area contributed by atoms with Gasteiger partial charge in [0.25, 0.3) is 0 Å². The van der Waals surface area contributed by atoms with Gasteiger partial charge in [0.2, 0.25) is 0 Å². The van der Waals surface area contributed by atoms with Crippen LogP contribution in [-0.4, -0.2) is 5.11 Å². The highest BCUT2D eigenvalue weighted by Crippen LogP contribution is 2.52. The van der Waals surface area contributed by atoms with E-state index in [1.165, 1.54) is 37.7 Å². The number of para-hydroxylation sites is 1. The average molecular weight is 278 g/mol. The SMILES string of the molecule is Oc1c(-c2ccccc2)cccc1C1CC2CCC1CC2. The third-order valence-corrected chi connectivity index (χ3v) is 5.60. The van der Waals surface area contributed by atoms with Gasteiger partial charge in [-0.2, -0.15) is 0 Å². The number of phenols is 1. The summed E-state index contributed by atoms with van der Waals surface area (Å²) in [4.78, 5) is 0. The first-order valence-corrected chi connectivity index (χ1v) is 8.20. The summed E-state index contributed by atoms with van der Waals surface area (Å²) in [6, 6.07) is 16.5. The summed E-state index contributed by atoms with van der Waals surface area (Å²) in [5, 5.41) is 10.8. The van der Waals surface area contributed by atoms with Crippen LogP contribution in [0, 0.1) is 11.8 Å². The Labute approximate surface area is 126 Å². The Morgan fingerprint density at radius 2 is 1.57 bits per heavy atom. The number of hydrogen-bond donors (Lipinski definition) is 1. The molecule has 0 heterocycles. The fourth-order valence-corrected chi connectivity index (χ4v) is 4.47. The summed E-state index contributed by atoms with van der Waals surface area (Å²) in [6.07, 6.45) is 6.78. The van der Waals surface area contributed by atoms with Crippen molar-refractivity contribution in [1.29, 1.82) is 0 Å². The first-order valence-electron chi connectivity index (χ1n) is 8.20. The molecule has 5 rings (SSSR count). The van der Waals surface area contributed by atoms with Gasteiger partial charge < -0.3 is 5.11 Å². The zero-order chi connectivity index (χ0) is 14.2. The van der Waals surface area contributed by atoms with Gasteiger partial charge in [-0.3, -0.25) is 0 Å². The molecule has 1 nitrogen and oxygen atoms in total. The van der Waals surface area contributed by atoms with E-state index in [0.717, 1.165) is 23.0 Å². The Hall–Kier alpha value is -1.76. The van der Waals surface area contributed by atoms with E-state index in [9.17, 15) is 5.11 Å². The fraction of sp³-hybridized carbons (Fsp3) is 0.400. The lowest BCUT2D eigenvalue weighted by atomic mass is 9.62. The van der Waals surface area contributed by atoms with Gasteiger partial charge >= 0.3 is 0 Å². The van der Waals surface area contributed by atoms with Crippen molar-refractivity contribution in [2.75, 3.05) is 0 Å². The highest BCUT2D eigenvalue weighted by atomic mass is 16.3. The minimum Gasteiger partial charge on any atom is -0.507 e. The van der Waals surface area contributed by atoms with Gasteiger partial charge in [0.15, 0.2) is 0 Å². The molecule has 3 aliphatic rings. The molecule has 3 saturated carbocycles. The summed E-state index contributed by atoms with van der Waals surface area (Å²) in [5.74, 6) is 2.76. The number of aromatic hydroxyl groups is 1. The van der Waals surface area contributed by atoms with Crippen LogP contribution in [0.5, 0.6) is 5.75 Å². The molecule has 2 bridgehead atoms. The highest BCUT2D eigenvalue weighted by molar-refractivity contribution is 5.72. The minimum absolute atomic E-state index is 0.515. The van der Waals surface area contributed by atoms with Gasteiger partial charge in [-0.25, -0.2) is 0 Å². The lowest BCUT2D eigenvalue weighted by Gasteiger charge is -2.43. The number of phenolic OH excluding ortho intramolecular Hbond substituents is 1. The van der Waals surface area contributed by atoms with Gasteiger partial charge in [0.05, 0.1) is 0 Å². The van der Waals surface area contributed by atoms with E-state index in [-0.39, 0.29) is 0 Å². The molecule has 21 heavy (non-hydrogen) atoms. The maximum absolute atomic E-state index is 10.8. The summed E-state index contributed by atoms with van der Waals surface area (Å²) >= 11 is 0. The molecule has 0 spiro atoms. The Morgan fingerprint density at radius 3 is 2.24 bits per heavy atom. The summed E-state index contributed by atoms with van der Waals surface area (Å²) in [6.45, 7) is 0. The minimum atomic E-state index is 0.515. The van der Waals surface area contributed by atoms with Crippen molar-refractivity contribution in [1.82, 2.24) is 0 Å². The van der Waals surface area contributed by atoms with Crippen LogP contribution in [0.15, 0.2) is 48.5 Å². The third kappa shape index (κ3) is 2.25. The smallest absolute Gasteiger partial charge is 0.126 e. The lowest BCUT2D eigenvalue weighted by Crippen LogP contribution is -2.29. The summed E-state index contributed by atoms with van der Waals surface area (Å²) in [5.41, 5.74) is 3.28. The Kier molecular flexibility index (Phi) is 3.21. The molecule has 1 heteroatoms. The van der Waals surface area contributed by atoms with Crippen LogP contribution in [0.25, 0.3) is 11.1 Å². The predicted octanol–water partition coefficient (Wildman–Crippen LogP) is 5.35. The monoisotopic (exact) mass is 278 g/mol. The molecule has 2 aromatic carbocycles. The molecule has 1 atom stereocenters. The molecule has 3 fully saturated rings. The predicted molar refractivity (Wildman–Crippen MR) is 86.3 cm³/mol. The van der Waals surface area contributed by atoms with Gasteiger partial charge in [-0.15, -0.1) is 0 Å². The summed E-state index contributed by atoms with van der Waals surface area (Å²) in [7, 11) is 0.